The third-order valence-electron chi connectivity index (χ3n) is 2.58. The summed E-state index contributed by atoms with van der Waals surface area (Å²) in [7, 11) is 0. The zero-order valence-corrected chi connectivity index (χ0v) is 10.3. The smallest absolute Gasteiger partial charge is 0.335 e. The van der Waals surface area contributed by atoms with Crippen molar-refractivity contribution >= 4 is 5.97 Å². The van der Waals surface area contributed by atoms with E-state index in [0.29, 0.717) is 16.9 Å². The number of carbonyl (C=O) groups is 1. The Morgan fingerprint density at radius 3 is 2.79 bits per heavy atom. The van der Waals surface area contributed by atoms with E-state index in [4.69, 9.17) is 9.84 Å². The second-order valence-corrected chi connectivity index (χ2v) is 4.09. The molecule has 0 atom stereocenters. The highest BCUT2D eigenvalue weighted by atomic mass is 19.1. The van der Waals surface area contributed by atoms with Gasteiger partial charge in [-0.3, -0.25) is 4.98 Å². The summed E-state index contributed by atoms with van der Waals surface area (Å²) in [5.74, 6) is -0.836. The second kappa shape index (κ2) is 5.48. The molecule has 2 rings (SSSR count). The number of pyridine rings is 1. The van der Waals surface area contributed by atoms with E-state index in [0.717, 1.165) is 6.20 Å². The molecule has 98 valence electrons. The number of hydrogen-bond donors (Lipinski definition) is 1. The maximum atomic E-state index is 12.9. The van der Waals surface area contributed by atoms with Crippen molar-refractivity contribution < 1.29 is 19.0 Å². The molecule has 1 aromatic heterocycles. The lowest BCUT2D eigenvalue weighted by molar-refractivity contribution is 0.0696. The molecular formula is C14H12FNO3. The van der Waals surface area contributed by atoms with Crippen molar-refractivity contribution in [3.05, 3.63) is 59.2 Å². The van der Waals surface area contributed by atoms with E-state index in [1.54, 1.807) is 13.0 Å². The number of rotatable bonds is 4. The van der Waals surface area contributed by atoms with Crippen molar-refractivity contribution in [2.75, 3.05) is 0 Å². The van der Waals surface area contributed by atoms with E-state index in [-0.39, 0.29) is 12.2 Å². The molecule has 0 saturated heterocycles. The molecule has 1 N–H and O–H groups in total. The summed E-state index contributed by atoms with van der Waals surface area (Å²) in [6, 6.07) is 5.93. The number of nitrogens with zero attached hydrogens (tertiary/aromatic N) is 1. The van der Waals surface area contributed by atoms with Gasteiger partial charge in [-0.1, -0.05) is 0 Å². The van der Waals surface area contributed by atoms with Crippen LogP contribution in [0.15, 0.2) is 36.7 Å². The van der Waals surface area contributed by atoms with E-state index in [1.165, 1.54) is 24.4 Å². The van der Waals surface area contributed by atoms with Gasteiger partial charge in [0.1, 0.15) is 18.2 Å². The molecule has 0 amide bonds. The standard InChI is InChI=1S/C14H12FNO3/c1-9-4-11(14(17)18)2-3-13(9)19-8-10-5-12(15)7-16-6-10/h2-7H,8H2,1H3,(H,17,18). The van der Waals surface area contributed by atoms with Crippen molar-refractivity contribution in [1.82, 2.24) is 4.98 Å². The molecule has 19 heavy (non-hydrogen) atoms. The minimum atomic E-state index is -0.982. The van der Waals surface area contributed by atoms with E-state index < -0.39 is 11.8 Å². The first-order chi connectivity index (χ1) is 9.06. The Hall–Kier alpha value is -2.43. The van der Waals surface area contributed by atoms with Crippen LogP contribution in [0.4, 0.5) is 4.39 Å². The molecule has 0 aliphatic rings. The van der Waals surface area contributed by atoms with Crippen LogP contribution in [0.1, 0.15) is 21.5 Å². The maximum Gasteiger partial charge on any atom is 0.335 e. The third-order valence-corrected chi connectivity index (χ3v) is 2.58. The first-order valence-electron chi connectivity index (χ1n) is 5.62. The van der Waals surface area contributed by atoms with Gasteiger partial charge in [-0.25, -0.2) is 9.18 Å². The van der Waals surface area contributed by atoms with E-state index >= 15 is 0 Å². The van der Waals surface area contributed by atoms with Crippen LogP contribution >= 0.6 is 0 Å². The fourth-order valence-corrected chi connectivity index (χ4v) is 1.64. The van der Waals surface area contributed by atoms with Crippen molar-refractivity contribution in [1.29, 1.82) is 0 Å². The van der Waals surface area contributed by atoms with Crippen LogP contribution in [-0.2, 0) is 6.61 Å². The summed E-state index contributed by atoms with van der Waals surface area (Å²) in [4.78, 5) is 14.5. The molecule has 0 unspecified atom stereocenters. The lowest BCUT2D eigenvalue weighted by atomic mass is 10.1. The maximum absolute atomic E-state index is 12.9. The molecule has 4 nitrogen and oxygen atoms in total. The van der Waals surface area contributed by atoms with Crippen molar-refractivity contribution in [3.8, 4) is 5.75 Å². The summed E-state index contributed by atoms with van der Waals surface area (Å²) in [6.07, 6.45) is 2.64. The van der Waals surface area contributed by atoms with Crippen LogP contribution in [0.2, 0.25) is 0 Å². The van der Waals surface area contributed by atoms with Gasteiger partial charge in [0.25, 0.3) is 0 Å². The molecule has 5 heteroatoms. The van der Waals surface area contributed by atoms with Gasteiger partial charge >= 0.3 is 5.97 Å². The quantitative estimate of drug-likeness (QED) is 0.919. The average molecular weight is 261 g/mol. The minimum absolute atomic E-state index is 0.179. The third kappa shape index (κ3) is 3.28. The largest absolute Gasteiger partial charge is 0.489 e. The van der Waals surface area contributed by atoms with Crippen LogP contribution in [-0.4, -0.2) is 16.1 Å². The Balaban J connectivity index is 2.10. The molecule has 0 aliphatic carbocycles. The van der Waals surface area contributed by atoms with Gasteiger partial charge in [-0.05, 0) is 36.8 Å². The molecule has 0 bridgehead atoms. The summed E-state index contributed by atoms with van der Waals surface area (Å²) < 4.78 is 18.4. The molecule has 2 aromatic rings. The van der Waals surface area contributed by atoms with E-state index in [2.05, 4.69) is 4.98 Å². The molecular weight excluding hydrogens is 249 g/mol. The highest BCUT2D eigenvalue weighted by Gasteiger charge is 2.07. The Bertz CT molecular complexity index is 613. The molecule has 0 saturated carbocycles. The predicted octanol–water partition coefficient (Wildman–Crippen LogP) is 2.81. The van der Waals surface area contributed by atoms with Crippen molar-refractivity contribution in [2.24, 2.45) is 0 Å². The minimum Gasteiger partial charge on any atom is -0.489 e. The topological polar surface area (TPSA) is 59.4 Å². The lowest BCUT2D eigenvalue weighted by Crippen LogP contribution is -2.01. The predicted molar refractivity (Wildman–Crippen MR) is 66.7 cm³/mol. The number of ether oxygens (including phenoxy) is 1. The van der Waals surface area contributed by atoms with Gasteiger partial charge in [-0.15, -0.1) is 0 Å². The number of benzene rings is 1. The van der Waals surface area contributed by atoms with Gasteiger partial charge in [0.05, 0.1) is 11.8 Å². The van der Waals surface area contributed by atoms with Gasteiger partial charge in [0, 0.05) is 11.8 Å². The van der Waals surface area contributed by atoms with Crippen molar-refractivity contribution in [2.45, 2.75) is 13.5 Å². The van der Waals surface area contributed by atoms with Crippen molar-refractivity contribution in [3.63, 3.8) is 0 Å². The fourth-order valence-electron chi connectivity index (χ4n) is 1.64. The molecule has 0 aliphatic heterocycles. The number of carboxylic acids is 1. The highest BCUT2D eigenvalue weighted by Crippen LogP contribution is 2.20. The number of aromatic carboxylic acids is 1. The van der Waals surface area contributed by atoms with Crippen LogP contribution < -0.4 is 4.74 Å². The Morgan fingerprint density at radius 1 is 1.37 bits per heavy atom. The summed E-state index contributed by atoms with van der Waals surface area (Å²) in [6.45, 7) is 1.93. The molecule has 0 radical (unpaired) electrons. The monoisotopic (exact) mass is 261 g/mol. The van der Waals surface area contributed by atoms with Crippen LogP contribution in [0.25, 0.3) is 0 Å². The van der Waals surface area contributed by atoms with Crippen LogP contribution in [0, 0.1) is 12.7 Å². The molecule has 1 aromatic carbocycles. The zero-order chi connectivity index (χ0) is 13.8. The SMILES string of the molecule is Cc1cc(C(=O)O)ccc1OCc1cncc(F)c1. The van der Waals surface area contributed by atoms with Crippen LogP contribution in [0.3, 0.4) is 0 Å². The van der Waals surface area contributed by atoms with E-state index in [1.807, 2.05) is 0 Å². The normalized spacial score (nSPS) is 10.2. The van der Waals surface area contributed by atoms with Gasteiger partial charge < -0.3 is 9.84 Å². The zero-order valence-electron chi connectivity index (χ0n) is 10.3. The highest BCUT2D eigenvalue weighted by molar-refractivity contribution is 5.88. The summed E-state index contributed by atoms with van der Waals surface area (Å²) in [5, 5.41) is 8.85. The number of carboxylic acid groups (broad SMARTS) is 1. The summed E-state index contributed by atoms with van der Waals surface area (Å²) in [5.41, 5.74) is 1.53. The molecule has 0 fully saturated rings. The number of aryl methyl sites for hydroxylation is 1. The van der Waals surface area contributed by atoms with Gasteiger partial charge in [0.15, 0.2) is 0 Å². The Morgan fingerprint density at radius 2 is 2.16 bits per heavy atom. The first-order valence-corrected chi connectivity index (χ1v) is 5.62. The van der Waals surface area contributed by atoms with Gasteiger partial charge in [0.2, 0.25) is 0 Å². The first kappa shape index (κ1) is 13.0. The van der Waals surface area contributed by atoms with Crippen LogP contribution in [0.5, 0.6) is 5.75 Å². The second-order valence-electron chi connectivity index (χ2n) is 4.09. The fraction of sp³-hybridized carbons (Fsp3) is 0.143. The number of aromatic nitrogens is 1. The van der Waals surface area contributed by atoms with E-state index in [9.17, 15) is 9.18 Å². The lowest BCUT2D eigenvalue weighted by Gasteiger charge is -2.09. The summed E-state index contributed by atoms with van der Waals surface area (Å²) >= 11 is 0. The van der Waals surface area contributed by atoms with Gasteiger partial charge in [-0.2, -0.15) is 0 Å². The average Bonchev–Trinajstić information content (AvgIpc) is 2.37. The Labute approximate surface area is 109 Å². The molecule has 0 spiro atoms. The Kier molecular flexibility index (Phi) is 3.75. The number of hydrogen-bond acceptors (Lipinski definition) is 3. The number of halogens is 1. The molecule has 1 heterocycles.